The zero-order valence-electron chi connectivity index (χ0n) is 11.3. The van der Waals surface area contributed by atoms with E-state index in [4.69, 9.17) is 16.3 Å². The Bertz CT molecular complexity index is 327. The summed E-state index contributed by atoms with van der Waals surface area (Å²) in [5, 5.41) is 0. The summed E-state index contributed by atoms with van der Waals surface area (Å²) >= 11 is 6.58. The van der Waals surface area contributed by atoms with Gasteiger partial charge in [0.2, 0.25) is 0 Å². The van der Waals surface area contributed by atoms with Crippen molar-refractivity contribution in [2.24, 2.45) is 0 Å². The van der Waals surface area contributed by atoms with Crippen LogP contribution < -0.4 is 9.64 Å². The lowest BCUT2D eigenvalue weighted by molar-refractivity contribution is -0.959. The summed E-state index contributed by atoms with van der Waals surface area (Å²) in [6, 6.07) is 9.01. The number of hydrogen-bond acceptors (Lipinski definition) is 1. The summed E-state index contributed by atoms with van der Waals surface area (Å²) in [5.74, 6) is 0.869. The van der Waals surface area contributed by atoms with E-state index in [2.05, 4.69) is 27.7 Å². The smallest absolute Gasteiger partial charge is 0.189 e. The maximum absolute atomic E-state index is 6.58. The first-order valence-electron chi connectivity index (χ1n) is 6.12. The summed E-state index contributed by atoms with van der Waals surface area (Å²) < 4.78 is 5.15. The summed E-state index contributed by atoms with van der Waals surface area (Å²) in [4.78, 5) is 1.39. The normalized spacial score (nSPS) is 13.5. The Morgan fingerprint density at radius 2 is 1.47 bits per heavy atom. The van der Waals surface area contributed by atoms with Gasteiger partial charge in [0.25, 0.3) is 0 Å². The monoisotopic (exact) mass is 256 g/mol. The van der Waals surface area contributed by atoms with E-state index in [0.717, 1.165) is 11.3 Å². The van der Waals surface area contributed by atoms with Crippen molar-refractivity contribution in [3.63, 3.8) is 0 Å². The Kier molecular flexibility index (Phi) is 5.29. The van der Waals surface area contributed by atoms with Crippen LogP contribution in [0.15, 0.2) is 24.3 Å². The van der Waals surface area contributed by atoms with Crippen molar-refractivity contribution in [3.8, 4) is 5.75 Å². The number of ether oxygens (including phenoxy) is 1. The molecule has 0 saturated heterocycles. The first kappa shape index (κ1) is 14.3. The predicted octanol–water partition coefficient (Wildman–Crippen LogP) is 2.63. The third-order valence-corrected chi connectivity index (χ3v) is 3.54. The minimum atomic E-state index is -0.0130. The van der Waals surface area contributed by atoms with Crippen LogP contribution in [0.2, 0.25) is 0 Å². The van der Waals surface area contributed by atoms with Gasteiger partial charge in [0, 0.05) is 5.56 Å². The molecule has 17 heavy (non-hydrogen) atoms. The first-order valence-corrected chi connectivity index (χ1v) is 6.55. The van der Waals surface area contributed by atoms with E-state index in [9.17, 15) is 0 Å². The number of methoxy groups -OCH3 is 1. The van der Waals surface area contributed by atoms with E-state index >= 15 is 0 Å². The molecule has 0 fully saturated rings. The second-order valence-electron chi connectivity index (χ2n) is 4.95. The average molecular weight is 257 g/mol. The molecule has 0 aliphatic rings. The molecule has 2 nitrogen and oxygen atoms in total. The number of rotatable bonds is 5. The molecule has 0 amide bonds. The molecule has 1 aromatic carbocycles. The molecule has 0 aliphatic carbocycles. The minimum Gasteiger partial charge on any atom is -0.497 e. The zero-order chi connectivity index (χ0) is 13.0. The highest BCUT2D eigenvalue weighted by atomic mass is 35.5. The largest absolute Gasteiger partial charge is 0.497 e. The van der Waals surface area contributed by atoms with E-state index in [0.29, 0.717) is 12.1 Å². The second-order valence-corrected chi connectivity index (χ2v) is 5.38. The molecule has 1 N–H and O–H groups in total. The van der Waals surface area contributed by atoms with Crippen molar-refractivity contribution in [2.45, 2.75) is 45.3 Å². The van der Waals surface area contributed by atoms with Crippen LogP contribution in [0.3, 0.4) is 0 Å². The Hall–Kier alpha value is -0.730. The molecule has 0 spiro atoms. The minimum absolute atomic E-state index is 0.0130. The Balaban J connectivity index is 2.89. The molecule has 0 bridgehead atoms. The number of quaternary nitrogens is 1. The lowest BCUT2D eigenvalue weighted by atomic mass is 10.1. The quantitative estimate of drug-likeness (QED) is 0.632. The van der Waals surface area contributed by atoms with Gasteiger partial charge in [-0.2, -0.15) is 0 Å². The summed E-state index contributed by atoms with van der Waals surface area (Å²) in [6.45, 7) is 8.81. The highest BCUT2D eigenvalue weighted by molar-refractivity contribution is 6.19. The number of hydrogen-bond donors (Lipinski definition) is 1. The van der Waals surface area contributed by atoms with Gasteiger partial charge in [-0.05, 0) is 52.0 Å². The van der Waals surface area contributed by atoms with Crippen molar-refractivity contribution in [3.05, 3.63) is 29.8 Å². The molecule has 1 rings (SSSR count). The summed E-state index contributed by atoms with van der Waals surface area (Å²) in [6.07, 6.45) is 0. The van der Waals surface area contributed by atoms with Gasteiger partial charge in [-0.3, -0.25) is 0 Å². The molecule has 0 saturated carbocycles. The lowest BCUT2D eigenvalue weighted by Crippen LogP contribution is -3.17. The average Bonchev–Trinajstić information content (AvgIpc) is 2.28. The van der Waals surface area contributed by atoms with E-state index < -0.39 is 0 Å². The molecule has 1 atom stereocenters. The van der Waals surface area contributed by atoms with Gasteiger partial charge in [-0.15, -0.1) is 0 Å². The fourth-order valence-corrected chi connectivity index (χ4v) is 2.87. The predicted molar refractivity (Wildman–Crippen MR) is 72.8 cm³/mol. The molecule has 3 heteroatoms. The summed E-state index contributed by atoms with van der Waals surface area (Å²) in [5.41, 5.74) is 1.13. The SMILES string of the molecule is COc1ccc(C(Cl)[NH+](C(C)C)C(C)C)cc1. The second kappa shape index (κ2) is 6.27. The van der Waals surface area contributed by atoms with Crippen LogP contribution in [0.1, 0.15) is 38.8 Å². The third-order valence-electron chi connectivity index (χ3n) is 3.03. The Morgan fingerprint density at radius 1 is 1.00 bits per heavy atom. The molecular weight excluding hydrogens is 234 g/mol. The van der Waals surface area contributed by atoms with Crippen molar-refractivity contribution in [1.29, 1.82) is 0 Å². The van der Waals surface area contributed by atoms with Crippen LogP contribution in [0.5, 0.6) is 5.75 Å². The number of halogens is 1. The van der Waals surface area contributed by atoms with Crippen LogP contribution in [0.4, 0.5) is 0 Å². The van der Waals surface area contributed by atoms with Crippen LogP contribution in [0, 0.1) is 0 Å². The van der Waals surface area contributed by atoms with Crippen molar-refractivity contribution >= 4 is 11.6 Å². The number of nitrogens with one attached hydrogen (secondary N) is 1. The fourth-order valence-electron chi connectivity index (χ4n) is 2.22. The molecule has 0 aliphatic heterocycles. The highest BCUT2D eigenvalue weighted by Gasteiger charge is 2.27. The van der Waals surface area contributed by atoms with Crippen LogP contribution >= 0.6 is 11.6 Å². The number of alkyl halides is 1. The van der Waals surface area contributed by atoms with Gasteiger partial charge >= 0.3 is 0 Å². The third kappa shape index (κ3) is 3.62. The van der Waals surface area contributed by atoms with Crippen LogP contribution in [-0.2, 0) is 0 Å². The topological polar surface area (TPSA) is 13.7 Å². The van der Waals surface area contributed by atoms with Crippen molar-refractivity contribution in [2.75, 3.05) is 7.11 Å². The van der Waals surface area contributed by atoms with E-state index in [1.807, 2.05) is 24.3 Å². The van der Waals surface area contributed by atoms with Crippen molar-refractivity contribution < 1.29 is 9.64 Å². The molecule has 0 radical (unpaired) electrons. The fraction of sp³-hybridized carbons (Fsp3) is 0.571. The van der Waals surface area contributed by atoms with Gasteiger partial charge < -0.3 is 9.64 Å². The molecule has 1 unspecified atom stereocenters. The molecular formula is C14H23ClNO+. The Morgan fingerprint density at radius 3 is 1.82 bits per heavy atom. The van der Waals surface area contributed by atoms with E-state index in [-0.39, 0.29) is 5.50 Å². The van der Waals surface area contributed by atoms with Gasteiger partial charge in [0.15, 0.2) is 5.50 Å². The van der Waals surface area contributed by atoms with E-state index in [1.54, 1.807) is 7.11 Å². The van der Waals surface area contributed by atoms with Crippen molar-refractivity contribution in [1.82, 2.24) is 0 Å². The van der Waals surface area contributed by atoms with Gasteiger partial charge in [0.05, 0.1) is 19.2 Å². The lowest BCUT2D eigenvalue weighted by Gasteiger charge is -2.31. The standard InChI is InChI=1S/C14H22ClNO/c1-10(2)16(11(3)4)14(15)12-6-8-13(17-5)9-7-12/h6-11,14H,1-5H3/p+1. The maximum atomic E-state index is 6.58. The van der Waals surface area contributed by atoms with Crippen LogP contribution in [-0.4, -0.2) is 19.2 Å². The Labute approximate surface area is 110 Å². The highest BCUT2D eigenvalue weighted by Crippen LogP contribution is 2.19. The molecule has 0 heterocycles. The molecule has 1 aromatic rings. The zero-order valence-corrected chi connectivity index (χ0v) is 12.1. The van der Waals surface area contributed by atoms with Gasteiger partial charge in [-0.25, -0.2) is 0 Å². The van der Waals surface area contributed by atoms with Crippen LogP contribution in [0.25, 0.3) is 0 Å². The summed E-state index contributed by atoms with van der Waals surface area (Å²) in [7, 11) is 1.67. The van der Waals surface area contributed by atoms with Gasteiger partial charge in [0.1, 0.15) is 5.75 Å². The van der Waals surface area contributed by atoms with Gasteiger partial charge in [-0.1, -0.05) is 11.6 Å². The first-order chi connectivity index (χ1) is 7.97. The maximum Gasteiger partial charge on any atom is 0.189 e. The molecule has 0 aromatic heterocycles. The number of benzene rings is 1. The van der Waals surface area contributed by atoms with E-state index in [1.165, 1.54) is 4.90 Å². The molecule has 96 valence electrons.